The number of ether oxygens (including phenoxy) is 1. The molecule has 4 aliphatic carbocycles. The fourth-order valence-corrected chi connectivity index (χ4v) is 6.51. The predicted molar refractivity (Wildman–Crippen MR) is 100 cm³/mol. The molecule has 1 aliphatic heterocycles. The Morgan fingerprint density at radius 2 is 1.92 bits per heavy atom. The molecular weight excluding hydrogens is 324 g/mol. The topological polar surface area (TPSA) is 46.5 Å². The van der Waals surface area contributed by atoms with E-state index in [-0.39, 0.29) is 22.9 Å². The highest BCUT2D eigenvalue weighted by molar-refractivity contribution is 5.87. The van der Waals surface area contributed by atoms with Crippen LogP contribution >= 0.6 is 0 Å². The largest absolute Gasteiger partial charge is 0.458 e. The van der Waals surface area contributed by atoms with Crippen molar-refractivity contribution in [3.05, 3.63) is 46.1 Å². The van der Waals surface area contributed by atoms with Crippen LogP contribution in [-0.2, 0) is 9.53 Å². The Labute approximate surface area is 155 Å². The average Bonchev–Trinajstić information content (AvgIpc) is 3.18. The molecule has 0 aromatic heterocycles. The molecule has 4 unspecified atom stereocenters. The van der Waals surface area contributed by atoms with E-state index >= 15 is 0 Å². The lowest BCUT2D eigenvalue weighted by Crippen LogP contribution is -2.43. The molecule has 0 amide bonds. The number of allylic oxidation sites excluding steroid dienone is 5. The van der Waals surface area contributed by atoms with Crippen LogP contribution < -0.4 is 0 Å². The SMILES string of the molecule is CC12CCC3=C(CCC4CC(O)CCC34C)C1=CC=C2C1=CC(=O)OC1. The summed E-state index contributed by atoms with van der Waals surface area (Å²) in [4.78, 5) is 11.6. The van der Waals surface area contributed by atoms with Gasteiger partial charge in [0.2, 0.25) is 0 Å². The molecule has 138 valence electrons. The lowest BCUT2D eigenvalue weighted by atomic mass is 9.52. The van der Waals surface area contributed by atoms with Gasteiger partial charge >= 0.3 is 5.97 Å². The van der Waals surface area contributed by atoms with Gasteiger partial charge in [-0.15, -0.1) is 0 Å². The number of rotatable bonds is 1. The highest BCUT2D eigenvalue weighted by atomic mass is 16.5. The molecule has 4 atom stereocenters. The van der Waals surface area contributed by atoms with Crippen LogP contribution in [0.2, 0.25) is 0 Å². The predicted octanol–water partition coefficient (Wildman–Crippen LogP) is 4.39. The van der Waals surface area contributed by atoms with Crippen molar-refractivity contribution in [1.82, 2.24) is 0 Å². The molecule has 0 saturated heterocycles. The Hall–Kier alpha value is -1.61. The minimum Gasteiger partial charge on any atom is -0.458 e. The van der Waals surface area contributed by atoms with Crippen molar-refractivity contribution in [2.24, 2.45) is 16.7 Å². The van der Waals surface area contributed by atoms with Gasteiger partial charge in [-0.05, 0) is 73.0 Å². The molecule has 3 nitrogen and oxygen atoms in total. The van der Waals surface area contributed by atoms with Gasteiger partial charge in [0.15, 0.2) is 0 Å². The third kappa shape index (κ3) is 2.13. The molecule has 26 heavy (non-hydrogen) atoms. The van der Waals surface area contributed by atoms with Crippen LogP contribution in [0.15, 0.2) is 46.1 Å². The van der Waals surface area contributed by atoms with E-state index in [1.165, 1.54) is 17.6 Å². The Balaban J connectivity index is 1.52. The summed E-state index contributed by atoms with van der Waals surface area (Å²) in [5.74, 6) is 0.426. The summed E-state index contributed by atoms with van der Waals surface area (Å²) < 4.78 is 5.17. The quantitative estimate of drug-likeness (QED) is 0.712. The number of fused-ring (bicyclic) bond motifs is 4. The third-order valence-electron chi connectivity index (χ3n) is 8.06. The summed E-state index contributed by atoms with van der Waals surface area (Å²) in [6.07, 6.45) is 13.7. The summed E-state index contributed by atoms with van der Waals surface area (Å²) in [7, 11) is 0. The maximum atomic E-state index is 11.6. The number of aliphatic hydroxyl groups is 1. The van der Waals surface area contributed by atoms with Crippen molar-refractivity contribution >= 4 is 5.97 Å². The fraction of sp³-hybridized carbons (Fsp3) is 0.609. The zero-order valence-corrected chi connectivity index (χ0v) is 15.8. The maximum absolute atomic E-state index is 11.6. The standard InChI is InChI=1S/C23H28O3/c1-22-9-7-16(24)12-15(22)3-4-17-19-6-5-18(14-11-21(25)26-13-14)23(19,2)10-8-20(17)22/h5-6,11,15-16,24H,3-4,7-10,12-13H2,1-2H3. The Bertz CT molecular complexity index is 811. The van der Waals surface area contributed by atoms with Crippen molar-refractivity contribution in [2.75, 3.05) is 6.61 Å². The summed E-state index contributed by atoms with van der Waals surface area (Å²) in [6, 6.07) is 0. The second kappa shape index (κ2) is 5.45. The smallest absolute Gasteiger partial charge is 0.331 e. The normalized spacial score (nSPS) is 41.7. The zero-order chi connectivity index (χ0) is 18.1. The van der Waals surface area contributed by atoms with Gasteiger partial charge in [0, 0.05) is 17.1 Å². The first kappa shape index (κ1) is 16.6. The van der Waals surface area contributed by atoms with Crippen LogP contribution in [0.3, 0.4) is 0 Å². The van der Waals surface area contributed by atoms with E-state index in [9.17, 15) is 9.90 Å². The van der Waals surface area contributed by atoms with E-state index in [0.29, 0.717) is 12.5 Å². The Morgan fingerprint density at radius 1 is 1.12 bits per heavy atom. The van der Waals surface area contributed by atoms with Gasteiger partial charge < -0.3 is 9.84 Å². The van der Waals surface area contributed by atoms with E-state index in [4.69, 9.17) is 4.74 Å². The van der Waals surface area contributed by atoms with Gasteiger partial charge in [-0.25, -0.2) is 4.79 Å². The van der Waals surface area contributed by atoms with Crippen LogP contribution in [0, 0.1) is 16.7 Å². The molecule has 1 N–H and O–H groups in total. The number of hydrogen-bond acceptors (Lipinski definition) is 3. The summed E-state index contributed by atoms with van der Waals surface area (Å²) in [6.45, 7) is 5.23. The molecule has 0 aromatic carbocycles. The first-order valence-corrected chi connectivity index (χ1v) is 10.1. The summed E-state index contributed by atoms with van der Waals surface area (Å²) >= 11 is 0. The van der Waals surface area contributed by atoms with Gasteiger partial charge in [0.05, 0.1) is 6.10 Å². The van der Waals surface area contributed by atoms with Crippen LogP contribution in [0.25, 0.3) is 0 Å². The number of aliphatic hydroxyl groups excluding tert-OH is 1. The number of carbonyl (C=O) groups is 1. The van der Waals surface area contributed by atoms with Crippen molar-refractivity contribution in [2.45, 2.75) is 64.9 Å². The van der Waals surface area contributed by atoms with Gasteiger partial charge in [0.25, 0.3) is 0 Å². The van der Waals surface area contributed by atoms with Gasteiger partial charge in [-0.1, -0.05) is 31.6 Å². The van der Waals surface area contributed by atoms with Crippen molar-refractivity contribution < 1.29 is 14.6 Å². The maximum Gasteiger partial charge on any atom is 0.331 e. The molecule has 0 radical (unpaired) electrons. The number of cyclic esters (lactones) is 1. The van der Waals surface area contributed by atoms with Gasteiger partial charge in [0.1, 0.15) is 6.61 Å². The molecule has 1 fully saturated rings. The van der Waals surface area contributed by atoms with Crippen LogP contribution in [-0.4, -0.2) is 23.8 Å². The Kier molecular flexibility index (Phi) is 3.47. The lowest BCUT2D eigenvalue weighted by molar-refractivity contribution is -0.134. The molecule has 0 spiro atoms. The minimum absolute atomic E-state index is 0.0238. The van der Waals surface area contributed by atoms with Crippen LogP contribution in [0.5, 0.6) is 0 Å². The molecule has 5 rings (SSSR count). The van der Waals surface area contributed by atoms with Crippen molar-refractivity contribution in [3.8, 4) is 0 Å². The van der Waals surface area contributed by atoms with Crippen molar-refractivity contribution in [1.29, 1.82) is 0 Å². The molecule has 1 saturated carbocycles. The molecular formula is C23H28O3. The van der Waals surface area contributed by atoms with E-state index < -0.39 is 0 Å². The number of esters is 1. The average molecular weight is 352 g/mol. The van der Waals surface area contributed by atoms with Crippen LogP contribution in [0.1, 0.15) is 58.8 Å². The zero-order valence-electron chi connectivity index (χ0n) is 15.8. The first-order valence-electron chi connectivity index (χ1n) is 10.1. The van der Waals surface area contributed by atoms with Crippen molar-refractivity contribution in [3.63, 3.8) is 0 Å². The number of hydrogen-bond donors (Lipinski definition) is 1. The summed E-state index contributed by atoms with van der Waals surface area (Å²) in [5, 5.41) is 10.1. The molecule has 0 bridgehead atoms. The fourth-order valence-electron chi connectivity index (χ4n) is 6.51. The second-order valence-corrected chi connectivity index (χ2v) is 9.31. The Morgan fingerprint density at radius 3 is 2.69 bits per heavy atom. The molecule has 3 heteroatoms. The highest BCUT2D eigenvalue weighted by Crippen LogP contribution is 2.62. The number of carbonyl (C=O) groups excluding carboxylic acids is 1. The third-order valence-corrected chi connectivity index (χ3v) is 8.06. The lowest BCUT2D eigenvalue weighted by Gasteiger charge is -2.53. The molecule has 5 aliphatic rings. The van der Waals surface area contributed by atoms with Crippen LogP contribution in [0.4, 0.5) is 0 Å². The summed E-state index contributed by atoms with van der Waals surface area (Å²) in [5.41, 5.74) is 7.39. The minimum atomic E-state index is -0.206. The second-order valence-electron chi connectivity index (χ2n) is 9.31. The molecule has 0 aromatic rings. The van der Waals surface area contributed by atoms with Gasteiger partial charge in [-0.3, -0.25) is 0 Å². The van der Waals surface area contributed by atoms with E-state index in [0.717, 1.165) is 44.1 Å². The monoisotopic (exact) mass is 352 g/mol. The first-order chi connectivity index (χ1) is 12.4. The van der Waals surface area contributed by atoms with Gasteiger partial charge in [-0.2, -0.15) is 0 Å². The van der Waals surface area contributed by atoms with E-state index in [1.54, 1.807) is 17.2 Å². The molecule has 1 heterocycles. The van der Waals surface area contributed by atoms with E-state index in [1.807, 2.05) is 0 Å². The highest BCUT2D eigenvalue weighted by Gasteiger charge is 2.51. The van der Waals surface area contributed by atoms with E-state index in [2.05, 4.69) is 26.0 Å².